The van der Waals surface area contributed by atoms with Crippen molar-refractivity contribution in [3.63, 3.8) is 0 Å². The lowest BCUT2D eigenvalue weighted by molar-refractivity contribution is -0.133. The maximum Gasteiger partial charge on any atom is 0.251 e. The summed E-state index contributed by atoms with van der Waals surface area (Å²) < 4.78 is 5.55. The number of amides is 2. The number of ether oxygens (including phenoxy) is 1. The van der Waals surface area contributed by atoms with E-state index in [1.54, 1.807) is 31.1 Å². The monoisotopic (exact) mass is 305 g/mol. The Labute approximate surface area is 130 Å². The van der Waals surface area contributed by atoms with Crippen LogP contribution in [0.25, 0.3) is 0 Å². The molecule has 0 aliphatic carbocycles. The second kappa shape index (κ2) is 7.91. The fourth-order valence-electron chi connectivity index (χ4n) is 2.37. The standard InChI is InChI=1S/C16H23N3O3/c1-17-16(21)13-5-3-12(4-6-13)11-19(2)15(20)9-14-10-18-7-8-22-14/h3-6,14,18H,7-11H2,1-2H3,(H,17,21). The van der Waals surface area contributed by atoms with Crippen LogP contribution in [0.1, 0.15) is 22.3 Å². The fraction of sp³-hybridized carbons (Fsp3) is 0.500. The molecule has 6 heteroatoms. The van der Waals surface area contributed by atoms with E-state index in [9.17, 15) is 9.59 Å². The minimum Gasteiger partial charge on any atom is -0.375 e. The zero-order valence-corrected chi connectivity index (χ0v) is 13.1. The Morgan fingerprint density at radius 1 is 1.36 bits per heavy atom. The number of nitrogens with zero attached hydrogens (tertiary/aromatic N) is 1. The van der Waals surface area contributed by atoms with Gasteiger partial charge in [0, 0.05) is 39.3 Å². The molecule has 1 heterocycles. The fourth-order valence-corrected chi connectivity index (χ4v) is 2.37. The van der Waals surface area contributed by atoms with Crippen molar-refractivity contribution < 1.29 is 14.3 Å². The lowest BCUT2D eigenvalue weighted by Crippen LogP contribution is -2.41. The van der Waals surface area contributed by atoms with Gasteiger partial charge in [0.05, 0.1) is 19.1 Å². The summed E-state index contributed by atoms with van der Waals surface area (Å²) in [7, 11) is 3.39. The van der Waals surface area contributed by atoms with Crippen molar-refractivity contribution in [1.29, 1.82) is 0 Å². The Morgan fingerprint density at radius 3 is 2.68 bits per heavy atom. The summed E-state index contributed by atoms with van der Waals surface area (Å²) in [6.07, 6.45) is 0.346. The van der Waals surface area contributed by atoms with E-state index in [0.29, 0.717) is 25.1 Å². The highest BCUT2D eigenvalue weighted by atomic mass is 16.5. The first-order valence-electron chi connectivity index (χ1n) is 7.47. The summed E-state index contributed by atoms with van der Waals surface area (Å²) in [5.74, 6) is -0.0537. The second-order valence-electron chi connectivity index (χ2n) is 5.43. The molecule has 120 valence electrons. The molecule has 2 N–H and O–H groups in total. The Morgan fingerprint density at radius 2 is 2.09 bits per heavy atom. The molecule has 0 bridgehead atoms. The maximum absolute atomic E-state index is 12.2. The highest BCUT2D eigenvalue weighted by molar-refractivity contribution is 5.93. The molecule has 2 amide bonds. The van der Waals surface area contributed by atoms with Crippen molar-refractivity contribution in [3.05, 3.63) is 35.4 Å². The predicted molar refractivity (Wildman–Crippen MR) is 83.5 cm³/mol. The van der Waals surface area contributed by atoms with E-state index in [2.05, 4.69) is 10.6 Å². The molecule has 6 nitrogen and oxygen atoms in total. The lowest BCUT2D eigenvalue weighted by Gasteiger charge is -2.25. The van der Waals surface area contributed by atoms with Gasteiger partial charge >= 0.3 is 0 Å². The summed E-state index contributed by atoms with van der Waals surface area (Å²) in [5, 5.41) is 5.80. The van der Waals surface area contributed by atoms with E-state index in [0.717, 1.165) is 18.7 Å². The van der Waals surface area contributed by atoms with E-state index in [1.807, 2.05) is 12.1 Å². The number of rotatable bonds is 5. The minimum absolute atomic E-state index is 0.0423. The molecule has 2 rings (SSSR count). The Bertz CT molecular complexity index is 510. The van der Waals surface area contributed by atoms with Gasteiger partial charge in [-0.1, -0.05) is 12.1 Å². The summed E-state index contributed by atoms with van der Waals surface area (Å²) >= 11 is 0. The van der Waals surface area contributed by atoms with Crippen molar-refractivity contribution in [3.8, 4) is 0 Å². The number of carbonyl (C=O) groups is 2. The van der Waals surface area contributed by atoms with Crippen molar-refractivity contribution in [2.45, 2.75) is 19.1 Å². The highest BCUT2D eigenvalue weighted by Gasteiger charge is 2.19. The van der Waals surface area contributed by atoms with Gasteiger partial charge in [0.1, 0.15) is 0 Å². The first kappa shape index (κ1) is 16.5. The van der Waals surface area contributed by atoms with E-state index in [1.165, 1.54) is 0 Å². The molecule has 0 spiro atoms. The van der Waals surface area contributed by atoms with Crippen LogP contribution in [0.4, 0.5) is 0 Å². The number of morpholine rings is 1. The van der Waals surface area contributed by atoms with Crippen LogP contribution in [0.3, 0.4) is 0 Å². The summed E-state index contributed by atoms with van der Waals surface area (Å²) in [6, 6.07) is 7.27. The van der Waals surface area contributed by atoms with Gasteiger partial charge in [-0.2, -0.15) is 0 Å². The predicted octanol–water partition coefficient (Wildman–Crippen LogP) is 0.383. The highest BCUT2D eigenvalue weighted by Crippen LogP contribution is 2.10. The third kappa shape index (κ3) is 4.54. The van der Waals surface area contributed by atoms with Crippen LogP contribution in [0.5, 0.6) is 0 Å². The molecule has 1 fully saturated rings. The molecule has 0 aromatic heterocycles. The van der Waals surface area contributed by atoms with Gasteiger partial charge in [-0.25, -0.2) is 0 Å². The van der Waals surface area contributed by atoms with Crippen LogP contribution < -0.4 is 10.6 Å². The molecular weight excluding hydrogens is 282 g/mol. The minimum atomic E-state index is -0.113. The van der Waals surface area contributed by atoms with Crippen molar-refractivity contribution >= 4 is 11.8 Å². The largest absolute Gasteiger partial charge is 0.375 e. The Balaban J connectivity index is 1.86. The van der Waals surface area contributed by atoms with E-state index in [-0.39, 0.29) is 17.9 Å². The van der Waals surface area contributed by atoms with Gasteiger partial charge in [-0.15, -0.1) is 0 Å². The molecule has 22 heavy (non-hydrogen) atoms. The summed E-state index contributed by atoms with van der Waals surface area (Å²) in [5.41, 5.74) is 1.60. The third-order valence-corrected chi connectivity index (χ3v) is 3.70. The van der Waals surface area contributed by atoms with Crippen LogP contribution >= 0.6 is 0 Å². The van der Waals surface area contributed by atoms with Crippen molar-refractivity contribution in [2.75, 3.05) is 33.8 Å². The zero-order valence-electron chi connectivity index (χ0n) is 13.1. The van der Waals surface area contributed by atoms with Crippen LogP contribution in [-0.2, 0) is 16.1 Å². The van der Waals surface area contributed by atoms with Gasteiger partial charge in [0.15, 0.2) is 0 Å². The van der Waals surface area contributed by atoms with Gasteiger partial charge in [0.2, 0.25) is 5.91 Å². The number of benzene rings is 1. The molecule has 1 unspecified atom stereocenters. The van der Waals surface area contributed by atoms with Crippen LogP contribution in [0.15, 0.2) is 24.3 Å². The molecule has 1 aromatic rings. The Kier molecular flexibility index (Phi) is 5.91. The smallest absolute Gasteiger partial charge is 0.251 e. The Hall–Kier alpha value is -1.92. The molecule has 1 saturated heterocycles. The zero-order chi connectivity index (χ0) is 15.9. The van der Waals surface area contributed by atoms with E-state index in [4.69, 9.17) is 4.74 Å². The summed E-state index contributed by atoms with van der Waals surface area (Å²) in [4.78, 5) is 25.4. The molecule has 1 aliphatic rings. The van der Waals surface area contributed by atoms with Gasteiger partial charge in [0.25, 0.3) is 5.91 Å². The maximum atomic E-state index is 12.2. The molecular formula is C16H23N3O3. The third-order valence-electron chi connectivity index (χ3n) is 3.70. The van der Waals surface area contributed by atoms with Gasteiger partial charge in [-0.05, 0) is 17.7 Å². The first-order chi connectivity index (χ1) is 10.6. The molecule has 0 radical (unpaired) electrons. The topological polar surface area (TPSA) is 70.7 Å². The van der Waals surface area contributed by atoms with E-state index >= 15 is 0 Å². The molecule has 1 aliphatic heterocycles. The average molecular weight is 305 g/mol. The quantitative estimate of drug-likeness (QED) is 0.825. The van der Waals surface area contributed by atoms with Crippen LogP contribution in [0.2, 0.25) is 0 Å². The lowest BCUT2D eigenvalue weighted by atomic mass is 10.1. The first-order valence-corrected chi connectivity index (χ1v) is 7.47. The summed E-state index contributed by atoms with van der Waals surface area (Å²) in [6.45, 7) is 2.74. The second-order valence-corrected chi connectivity index (χ2v) is 5.43. The molecule has 0 saturated carbocycles. The number of hydrogen-bond acceptors (Lipinski definition) is 4. The van der Waals surface area contributed by atoms with Crippen molar-refractivity contribution in [1.82, 2.24) is 15.5 Å². The number of hydrogen-bond donors (Lipinski definition) is 2. The molecule has 1 aromatic carbocycles. The van der Waals surface area contributed by atoms with Gasteiger partial charge < -0.3 is 20.3 Å². The number of nitrogens with one attached hydrogen (secondary N) is 2. The van der Waals surface area contributed by atoms with Crippen LogP contribution in [0, 0.1) is 0 Å². The normalized spacial score (nSPS) is 17.8. The molecule has 1 atom stereocenters. The van der Waals surface area contributed by atoms with Crippen LogP contribution in [-0.4, -0.2) is 56.6 Å². The SMILES string of the molecule is CNC(=O)c1ccc(CN(C)C(=O)CC2CNCCO2)cc1. The average Bonchev–Trinajstić information content (AvgIpc) is 2.55. The van der Waals surface area contributed by atoms with E-state index < -0.39 is 0 Å². The number of carbonyl (C=O) groups excluding carboxylic acids is 2. The van der Waals surface area contributed by atoms with Gasteiger partial charge in [-0.3, -0.25) is 9.59 Å². The van der Waals surface area contributed by atoms with Crippen molar-refractivity contribution in [2.24, 2.45) is 0 Å².